The summed E-state index contributed by atoms with van der Waals surface area (Å²) in [5.41, 5.74) is 1.87. The van der Waals surface area contributed by atoms with E-state index < -0.39 is 16.0 Å². The summed E-state index contributed by atoms with van der Waals surface area (Å²) in [6.45, 7) is 4.10. The maximum atomic E-state index is 12.4. The molecule has 0 aliphatic carbocycles. The summed E-state index contributed by atoms with van der Waals surface area (Å²) in [5, 5.41) is 0. The molecular formula is C18H21NO4S. The van der Waals surface area contributed by atoms with E-state index in [0.29, 0.717) is 17.9 Å². The van der Waals surface area contributed by atoms with E-state index in [4.69, 9.17) is 4.74 Å². The molecule has 128 valence electrons. The first-order valence-electron chi connectivity index (χ1n) is 7.85. The van der Waals surface area contributed by atoms with Gasteiger partial charge in [0.05, 0.1) is 17.1 Å². The molecule has 1 N–H and O–H groups in total. The highest BCUT2D eigenvalue weighted by atomic mass is 32.2. The van der Waals surface area contributed by atoms with Crippen molar-refractivity contribution in [2.24, 2.45) is 0 Å². The van der Waals surface area contributed by atoms with Gasteiger partial charge in [-0.3, -0.25) is 4.72 Å². The number of esters is 1. The molecule has 0 aromatic heterocycles. The Hall–Kier alpha value is -2.34. The lowest BCUT2D eigenvalue weighted by molar-refractivity contribution is 0.0526. The summed E-state index contributed by atoms with van der Waals surface area (Å²) in [5.74, 6) is -0.432. The van der Waals surface area contributed by atoms with Crippen LogP contribution in [0.15, 0.2) is 53.4 Å². The van der Waals surface area contributed by atoms with Crippen LogP contribution in [0, 0.1) is 0 Å². The Morgan fingerprint density at radius 1 is 1.00 bits per heavy atom. The predicted octanol–water partition coefficient (Wildman–Crippen LogP) is 3.62. The fourth-order valence-electron chi connectivity index (χ4n) is 2.23. The van der Waals surface area contributed by atoms with Crippen LogP contribution in [0.1, 0.15) is 36.2 Å². The number of benzene rings is 2. The van der Waals surface area contributed by atoms with Gasteiger partial charge in [0.2, 0.25) is 0 Å². The van der Waals surface area contributed by atoms with E-state index in [9.17, 15) is 13.2 Å². The summed E-state index contributed by atoms with van der Waals surface area (Å²) < 4.78 is 32.2. The first-order chi connectivity index (χ1) is 11.5. The molecule has 0 heterocycles. The molecule has 0 atom stereocenters. The Kier molecular flexibility index (Phi) is 5.98. The first kappa shape index (κ1) is 18.0. The van der Waals surface area contributed by atoms with Crippen LogP contribution in [0.2, 0.25) is 0 Å². The maximum absolute atomic E-state index is 12.4. The Balaban J connectivity index is 2.12. The third-order valence-corrected chi connectivity index (χ3v) is 4.82. The van der Waals surface area contributed by atoms with Gasteiger partial charge >= 0.3 is 5.97 Å². The third-order valence-electron chi connectivity index (χ3n) is 3.42. The topological polar surface area (TPSA) is 72.5 Å². The average Bonchev–Trinajstić information content (AvgIpc) is 2.56. The molecule has 6 heteroatoms. The van der Waals surface area contributed by atoms with Gasteiger partial charge in [0.15, 0.2) is 0 Å². The molecular weight excluding hydrogens is 326 g/mol. The zero-order chi connectivity index (χ0) is 17.6. The molecule has 0 fully saturated rings. The second-order valence-corrected chi connectivity index (χ2v) is 6.98. The summed E-state index contributed by atoms with van der Waals surface area (Å²) in [7, 11) is -3.65. The quantitative estimate of drug-likeness (QED) is 0.777. The van der Waals surface area contributed by atoms with Crippen LogP contribution in [0.4, 0.5) is 5.69 Å². The molecule has 0 aliphatic rings. The fraction of sp³-hybridized carbons (Fsp3) is 0.278. The molecule has 2 rings (SSSR count). The second kappa shape index (κ2) is 7.97. The number of carbonyl (C=O) groups is 1. The summed E-state index contributed by atoms with van der Waals surface area (Å²) in [4.78, 5) is 11.8. The lowest BCUT2D eigenvalue weighted by Crippen LogP contribution is -2.13. The number of nitrogens with one attached hydrogen (secondary N) is 1. The highest BCUT2D eigenvalue weighted by Gasteiger charge is 2.14. The van der Waals surface area contributed by atoms with Crippen LogP contribution in [-0.2, 0) is 21.2 Å². The predicted molar refractivity (Wildman–Crippen MR) is 93.6 cm³/mol. The number of carbonyl (C=O) groups excluding carboxylic acids is 1. The number of anilines is 1. The van der Waals surface area contributed by atoms with E-state index in [2.05, 4.69) is 11.6 Å². The van der Waals surface area contributed by atoms with Gasteiger partial charge in [-0.15, -0.1) is 0 Å². The normalized spacial score (nSPS) is 11.1. The summed E-state index contributed by atoms with van der Waals surface area (Å²) >= 11 is 0. The minimum atomic E-state index is -3.65. The van der Waals surface area contributed by atoms with E-state index >= 15 is 0 Å². The van der Waals surface area contributed by atoms with Crippen molar-refractivity contribution in [2.45, 2.75) is 31.6 Å². The largest absolute Gasteiger partial charge is 0.462 e. The SMILES string of the molecule is CCCc1ccc(S(=O)(=O)Nc2ccc(C(=O)OCC)cc2)cc1. The van der Waals surface area contributed by atoms with Gasteiger partial charge in [-0.1, -0.05) is 25.5 Å². The molecule has 0 amide bonds. The molecule has 0 radical (unpaired) electrons. The number of sulfonamides is 1. The molecule has 0 aliphatic heterocycles. The fourth-order valence-corrected chi connectivity index (χ4v) is 3.29. The van der Waals surface area contributed by atoms with Crippen molar-refractivity contribution in [3.8, 4) is 0 Å². The van der Waals surface area contributed by atoms with Crippen LogP contribution in [-0.4, -0.2) is 21.0 Å². The van der Waals surface area contributed by atoms with Gasteiger partial charge < -0.3 is 4.74 Å². The molecule has 2 aromatic rings. The first-order valence-corrected chi connectivity index (χ1v) is 9.33. The van der Waals surface area contributed by atoms with Gasteiger partial charge in [0.1, 0.15) is 0 Å². The standard InChI is InChI=1S/C18H21NO4S/c1-3-5-14-6-12-17(13-7-14)24(21,22)19-16-10-8-15(9-11-16)18(20)23-4-2/h6-13,19H,3-5H2,1-2H3. The molecule has 0 saturated carbocycles. The zero-order valence-electron chi connectivity index (χ0n) is 13.8. The molecule has 0 unspecified atom stereocenters. The van der Waals surface area contributed by atoms with E-state index in [1.165, 1.54) is 24.3 Å². The van der Waals surface area contributed by atoms with Crippen molar-refractivity contribution < 1.29 is 17.9 Å². The van der Waals surface area contributed by atoms with Gasteiger partial charge in [-0.05, 0) is 55.3 Å². The molecule has 0 bridgehead atoms. The van der Waals surface area contributed by atoms with Crippen LogP contribution in [0.3, 0.4) is 0 Å². The Morgan fingerprint density at radius 2 is 1.62 bits per heavy atom. The number of hydrogen-bond donors (Lipinski definition) is 1. The highest BCUT2D eigenvalue weighted by Crippen LogP contribution is 2.18. The van der Waals surface area contributed by atoms with Crippen molar-refractivity contribution in [1.82, 2.24) is 0 Å². The number of rotatable bonds is 7. The summed E-state index contributed by atoms with van der Waals surface area (Å²) in [6.07, 6.45) is 1.93. The van der Waals surface area contributed by atoms with Crippen molar-refractivity contribution in [3.05, 3.63) is 59.7 Å². The van der Waals surface area contributed by atoms with Crippen molar-refractivity contribution >= 4 is 21.7 Å². The molecule has 5 nitrogen and oxygen atoms in total. The molecule has 2 aromatic carbocycles. The highest BCUT2D eigenvalue weighted by molar-refractivity contribution is 7.92. The van der Waals surface area contributed by atoms with Crippen molar-refractivity contribution in [3.63, 3.8) is 0 Å². The van der Waals surface area contributed by atoms with E-state index in [1.807, 2.05) is 12.1 Å². The number of hydrogen-bond acceptors (Lipinski definition) is 4. The van der Waals surface area contributed by atoms with Gasteiger partial charge in [0, 0.05) is 5.69 Å². The van der Waals surface area contributed by atoms with E-state index in [1.54, 1.807) is 19.1 Å². The van der Waals surface area contributed by atoms with Crippen LogP contribution >= 0.6 is 0 Å². The maximum Gasteiger partial charge on any atom is 0.338 e. The van der Waals surface area contributed by atoms with Gasteiger partial charge in [-0.25, -0.2) is 13.2 Å². The minimum Gasteiger partial charge on any atom is -0.462 e. The van der Waals surface area contributed by atoms with E-state index in [-0.39, 0.29) is 4.90 Å². The van der Waals surface area contributed by atoms with E-state index in [0.717, 1.165) is 18.4 Å². The van der Waals surface area contributed by atoms with Crippen molar-refractivity contribution in [1.29, 1.82) is 0 Å². The minimum absolute atomic E-state index is 0.205. The number of aryl methyl sites for hydroxylation is 1. The Labute approximate surface area is 142 Å². The lowest BCUT2D eigenvalue weighted by atomic mass is 10.1. The molecule has 0 spiro atoms. The van der Waals surface area contributed by atoms with Crippen LogP contribution in [0.5, 0.6) is 0 Å². The Bertz CT molecular complexity index is 781. The lowest BCUT2D eigenvalue weighted by Gasteiger charge is -2.09. The zero-order valence-corrected chi connectivity index (χ0v) is 14.6. The molecule has 0 saturated heterocycles. The van der Waals surface area contributed by atoms with Crippen LogP contribution in [0.25, 0.3) is 0 Å². The van der Waals surface area contributed by atoms with Crippen LogP contribution < -0.4 is 4.72 Å². The average molecular weight is 347 g/mol. The van der Waals surface area contributed by atoms with Gasteiger partial charge in [-0.2, -0.15) is 0 Å². The smallest absolute Gasteiger partial charge is 0.338 e. The Morgan fingerprint density at radius 3 is 2.17 bits per heavy atom. The monoisotopic (exact) mass is 347 g/mol. The molecule has 24 heavy (non-hydrogen) atoms. The number of ether oxygens (including phenoxy) is 1. The second-order valence-electron chi connectivity index (χ2n) is 5.30. The van der Waals surface area contributed by atoms with Crippen molar-refractivity contribution in [2.75, 3.05) is 11.3 Å². The van der Waals surface area contributed by atoms with Gasteiger partial charge in [0.25, 0.3) is 10.0 Å². The summed E-state index contributed by atoms with van der Waals surface area (Å²) in [6, 6.07) is 13.0. The third kappa shape index (κ3) is 4.58.